The van der Waals surface area contributed by atoms with Gasteiger partial charge in [-0.2, -0.15) is 0 Å². The average Bonchev–Trinajstić information content (AvgIpc) is 2.32. The molecule has 82 valence electrons. The number of rotatable bonds is 1. The Balaban J connectivity index is 2.79. The van der Waals surface area contributed by atoms with Gasteiger partial charge in [0.2, 0.25) is 0 Å². The second kappa shape index (κ2) is 4.02. The molecule has 2 aromatic rings. The summed E-state index contributed by atoms with van der Waals surface area (Å²) < 4.78 is 4.67. The zero-order chi connectivity index (χ0) is 11.7. The Morgan fingerprint density at radius 3 is 2.69 bits per heavy atom. The molecule has 0 aliphatic rings. The van der Waals surface area contributed by atoms with Crippen LogP contribution in [0.1, 0.15) is 10.4 Å². The fourth-order valence-electron chi connectivity index (χ4n) is 1.60. The number of carbonyl (C=O) groups excluding carboxylic acids is 1. The fourth-order valence-corrected chi connectivity index (χ4v) is 1.83. The first-order valence-electron chi connectivity index (χ1n) is 4.63. The van der Waals surface area contributed by atoms with E-state index in [0.717, 1.165) is 0 Å². The summed E-state index contributed by atoms with van der Waals surface area (Å²) in [5.41, 5.74) is 0.432. The average molecular weight is 237 g/mol. The van der Waals surface area contributed by atoms with Gasteiger partial charge < -0.3 is 9.84 Å². The lowest BCUT2D eigenvalue weighted by Crippen LogP contribution is -2.01. The molecular formula is C12H9ClO3. The number of fused-ring (bicyclic) bond motifs is 1. The van der Waals surface area contributed by atoms with Crippen LogP contribution in [0.2, 0.25) is 5.02 Å². The molecule has 0 saturated heterocycles. The largest absolute Gasteiger partial charge is 0.506 e. The molecule has 0 aliphatic heterocycles. The van der Waals surface area contributed by atoms with Gasteiger partial charge in [0, 0.05) is 5.39 Å². The smallest absolute Gasteiger partial charge is 0.338 e. The van der Waals surface area contributed by atoms with Crippen LogP contribution in [0.25, 0.3) is 10.8 Å². The lowest BCUT2D eigenvalue weighted by atomic mass is 10.0. The van der Waals surface area contributed by atoms with Crippen LogP contribution in [0.3, 0.4) is 0 Å². The van der Waals surface area contributed by atoms with Crippen molar-refractivity contribution in [3.8, 4) is 5.75 Å². The standard InChI is InChI=1S/C12H9ClO3/c1-16-12(15)9-4-2-3-8-7(9)5-6-10(14)11(8)13/h2-6,14H,1H3. The number of hydrogen-bond acceptors (Lipinski definition) is 3. The Morgan fingerprint density at radius 1 is 1.25 bits per heavy atom. The molecule has 0 spiro atoms. The maximum atomic E-state index is 11.5. The van der Waals surface area contributed by atoms with Crippen LogP contribution in [-0.4, -0.2) is 18.2 Å². The Labute approximate surface area is 97.2 Å². The number of ether oxygens (including phenoxy) is 1. The molecule has 0 saturated carbocycles. The lowest BCUT2D eigenvalue weighted by Gasteiger charge is -2.06. The van der Waals surface area contributed by atoms with Crippen LogP contribution < -0.4 is 0 Å². The van der Waals surface area contributed by atoms with E-state index in [1.54, 1.807) is 24.3 Å². The summed E-state index contributed by atoms with van der Waals surface area (Å²) >= 11 is 5.94. The highest BCUT2D eigenvalue weighted by Crippen LogP contribution is 2.33. The summed E-state index contributed by atoms with van der Waals surface area (Å²) in [6, 6.07) is 8.19. The van der Waals surface area contributed by atoms with Crippen molar-refractivity contribution in [2.75, 3.05) is 7.11 Å². The van der Waals surface area contributed by atoms with E-state index in [4.69, 9.17) is 11.6 Å². The van der Waals surface area contributed by atoms with E-state index in [1.165, 1.54) is 13.2 Å². The van der Waals surface area contributed by atoms with E-state index in [2.05, 4.69) is 4.74 Å². The molecule has 3 nitrogen and oxygen atoms in total. The van der Waals surface area contributed by atoms with Crippen molar-refractivity contribution in [1.29, 1.82) is 0 Å². The highest BCUT2D eigenvalue weighted by atomic mass is 35.5. The fraction of sp³-hybridized carbons (Fsp3) is 0.0833. The van der Waals surface area contributed by atoms with Crippen LogP contribution >= 0.6 is 11.6 Å². The van der Waals surface area contributed by atoms with Crippen LogP contribution in [-0.2, 0) is 4.74 Å². The topological polar surface area (TPSA) is 46.5 Å². The van der Waals surface area contributed by atoms with Crippen molar-refractivity contribution in [2.24, 2.45) is 0 Å². The van der Waals surface area contributed by atoms with Crippen molar-refractivity contribution >= 4 is 28.3 Å². The predicted molar refractivity (Wildman–Crippen MR) is 62.0 cm³/mol. The number of esters is 1. The molecule has 0 amide bonds. The highest BCUT2D eigenvalue weighted by Gasteiger charge is 2.12. The van der Waals surface area contributed by atoms with E-state index in [0.29, 0.717) is 16.3 Å². The van der Waals surface area contributed by atoms with Crippen LogP contribution in [0.5, 0.6) is 5.75 Å². The van der Waals surface area contributed by atoms with Crippen LogP contribution in [0, 0.1) is 0 Å². The van der Waals surface area contributed by atoms with Gasteiger partial charge in [0.1, 0.15) is 5.75 Å². The molecular weight excluding hydrogens is 228 g/mol. The Morgan fingerprint density at radius 2 is 2.00 bits per heavy atom. The minimum atomic E-state index is -0.424. The molecule has 4 heteroatoms. The highest BCUT2D eigenvalue weighted by molar-refractivity contribution is 6.37. The number of carbonyl (C=O) groups is 1. The second-order valence-corrected chi connectivity index (χ2v) is 3.67. The van der Waals surface area contributed by atoms with E-state index in [9.17, 15) is 9.90 Å². The molecule has 0 bridgehead atoms. The quantitative estimate of drug-likeness (QED) is 0.775. The molecule has 0 radical (unpaired) electrons. The molecule has 2 aromatic carbocycles. The zero-order valence-corrected chi connectivity index (χ0v) is 9.28. The number of aromatic hydroxyl groups is 1. The van der Waals surface area contributed by atoms with E-state index < -0.39 is 5.97 Å². The number of phenols is 1. The third-order valence-electron chi connectivity index (χ3n) is 2.38. The first kappa shape index (κ1) is 10.8. The van der Waals surface area contributed by atoms with Crippen molar-refractivity contribution in [3.63, 3.8) is 0 Å². The molecule has 0 aliphatic carbocycles. The third kappa shape index (κ3) is 1.59. The monoisotopic (exact) mass is 236 g/mol. The van der Waals surface area contributed by atoms with Gasteiger partial charge in [0.05, 0.1) is 17.7 Å². The minimum absolute atomic E-state index is 0.00353. The predicted octanol–water partition coefficient (Wildman–Crippen LogP) is 2.99. The lowest BCUT2D eigenvalue weighted by molar-refractivity contribution is 0.0603. The normalized spacial score (nSPS) is 10.4. The number of phenolic OH excluding ortho intramolecular Hbond substituents is 1. The Kier molecular flexibility index (Phi) is 2.71. The summed E-state index contributed by atoms with van der Waals surface area (Å²) in [5.74, 6) is -0.427. The second-order valence-electron chi connectivity index (χ2n) is 3.29. The maximum Gasteiger partial charge on any atom is 0.338 e. The van der Waals surface area contributed by atoms with Crippen LogP contribution in [0.4, 0.5) is 0 Å². The van der Waals surface area contributed by atoms with Gasteiger partial charge in [-0.3, -0.25) is 0 Å². The first-order valence-corrected chi connectivity index (χ1v) is 5.01. The molecule has 0 aromatic heterocycles. The zero-order valence-electron chi connectivity index (χ0n) is 8.53. The number of halogens is 1. The van der Waals surface area contributed by atoms with Gasteiger partial charge in [-0.25, -0.2) is 4.79 Å². The van der Waals surface area contributed by atoms with Gasteiger partial charge in [-0.05, 0) is 23.6 Å². The third-order valence-corrected chi connectivity index (χ3v) is 2.78. The number of benzene rings is 2. The summed E-state index contributed by atoms with van der Waals surface area (Å²) in [5, 5.41) is 11.0. The van der Waals surface area contributed by atoms with Gasteiger partial charge in [0.15, 0.2) is 0 Å². The maximum absolute atomic E-state index is 11.5. The van der Waals surface area contributed by atoms with Crippen molar-refractivity contribution < 1.29 is 14.6 Å². The van der Waals surface area contributed by atoms with Gasteiger partial charge in [0.25, 0.3) is 0 Å². The number of hydrogen-bond donors (Lipinski definition) is 1. The summed E-state index contributed by atoms with van der Waals surface area (Å²) in [7, 11) is 1.32. The van der Waals surface area contributed by atoms with E-state index in [1.807, 2.05) is 0 Å². The molecule has 0 unspecified atom stereocenters. The van der Waals surface area contributed by atoms with E-state index in [-0.39, 0.29) is 10.8 Å². The molecule has 0 fully saturated rings. The summed E-state index contributed by atoms with van der Waals surface area (Å²) in [6.45, 7) is 0. The van der Waals surface area contributed by atoms with Gasteiger partial charge in [-0.1, -0.05) is 23.7 Å². The van der Waals surface area contributed by atoms with Crippen molar-refractivity contribution in [1.82, 2.24) is 0 Å². The molecule has 0 heterocycles. The molecule has 0 atom stereocenters. The Hall–Kier alpha value is -1.74. The van der Waals surface area contributed by atoms with Crippen molar-refractivity contribution in [2.45, 2.75) is 0 Å². The molecule has 2 rings (SSSR count). The summed E-state index contributed by atoms with van der Waals surface area (Å²) in [4.78, 5) is 11.5. The Bertz CT molecular complexity index is 563. The molecule has 1 N–H and O–H groups in total. The molecule has 16 heavy (non-hydrogen) atoms. The van der Waals surface area contributed by atoms with Crippen LogP contribution in [0.15, 0.2) is 30.3 Å². The van der Waals surface area contributed by atoms with Gasteiger partial charge in [-0.15, -0.1) is 0 Å². The van der Waals surface area contributed by atoms with Crippen molar-refractivity contribution in [3.05, 3.63) is 40.9 Å². The minimum Gasteiger partial charge on any atom is -0.506 e. The summed E-state index contributed by atoms with van der Waals surface area (Å²) in [6.07, 6.45) is 0. The first-order chi connectivity index (χ1) is 7.65. The number of methoxy groups -OCH3 is 1. The van der Waals surface area contributed by atoms with Gasteiger partial charge >= 0.3 is 5.97 Å². The van der Waals surface area contributed by atoms with E-state index >= 15 is 0 Å². The SMILES string of the molecule is COC(=O)c1cccc2c(Cl)c(O)ccc12.